The minimum Gasteiger partial charge on any atom is -0.448 e. The lowest BCUT2D eigenvalue weighted by Crippen LogP contribution is -1.98. The Kier molecular flexibility index (Phi) is 9.06. The molecule has 0 fully saturated rings. The average Bonchev–Trinajstić information content (AvgIpc) is 3.16. The topological polar surface area (TPSA) is 66.5 Å². The van der Waals surface area contributed by atoms with Crippen LogP contribution in [-0.4, -0.2) is 21.8 Å². The average molecular weight is 420 g/mol. The Bertz CT molecular complexity index is 834. The van der Waals surface area contributed by atoms with Crippen LogP contribution < -0.4 is 0 Å². The van der Waals surface area contributed by atoms with E-state index in [1.807, 2.05) is 24.3 Å². The standard InChI is InChI=1S/C22H25NO3S.ClH/c1-2-4-22-23-20(15-26-22)16-6-10-18(11-7-16)27-19-12-8-17(9-13-19)21(25)5-3-14-24;/h6-13,15,21,24-25H,2-5,14H2,1H3;1H. The number of benzene rings is 2. The normalized spacial score (nSPS) is 11.8. The molecule has 0 spiro atoms. The summed E-state index contributed by atoms with van der Waals surface area (Å²) in [6.07, 6.45) is 4.26. The number of aliphatic hydroxyl groups is 2. The Labute approximate surface area is 176 Å². The van der Waals surface area contributed by atoms with E-state index in [1.54, 1.807) is 18.0 Å². The maximum Gasteiger partial charge on any atom is 0.194 e. The fraction of sp³-hybridized carbons (Fsp3) is 0.318. The zero-order valence-electron chi connectivity index (χ0n) is 15.9. The summed E-state index contributed by atoms with van der Waals surface area (Å²) in [5.41, 5.74) is 2.81. The summed E-state index contributed by atoms with van der Waals surface area (Å²) >= 11 is 1.68. The van der Waals surface area contributed by atoms with Gasteiger partial charge >= 0.3 is 0 Å². The first-order valence-corrected chi connectivity index (χ1v) is 10.1. The SMILES string of the molecule is CCCc1nc(-c2ccc(Sc3ccc(C(O)CCCO)cc3)cc2)co1.Cl. The Morgan fingerprint density at radius 2 is 1.68 bits per heavy atom. The minimum absolute atomic E-state index is 0. The van der Waals surface area contributed by atoms with Crippen LogP contribution in [0.25, 0.3) is 11.3 Å². The maximum absolute atomic E-state index is 10.1. The molecule has 3 aromatic rings. The summed E-state index contributed by atoms with van der Waals surface area (Å²) in [6.45, 7) is 2.22. The second-order valence-electron chi connectivity index (χ2n) is 6.45. The van der Waals surface area contributed by atoms with Crippen LogP contribution in [0.5, 0.6) is 0 Å². The first-order valence-electron chi connectivity index (χ1n) is 9.31. The third-order valence-corrected chi connectivity index (χ3v) is 5.32. The van der Waals surface area contributed by atoms with Gasteiger partial charge in [0.25, 0.3) is 0 Å². The predicted octanol–water partition coefficient (Wildman–Crippen LogP) is 5.67. The lowest BCUT2D eigenvalue weighted by molar-refractivity contribution is 0.152. The molecule has 3 rings (SSSR count). The van der Waals surface area contributed by atoms with Crippen LogP contribution in [0.3, 0.4) is 0 Å². The van der Waals surface area contributed by atoms with Crippen molar-refractivity contribution in [2.24, 2.45) is 0 Å². The van der Waals surface area contributed by atoms with Crippen molar-refractivity contribution in [3.05, 3.63) is 66.2 Å². The molecule has 1 aromatic heterocycles. The largest absolute Gasteiger partial charge is 0.448 e. The van der Waals surface area contributed by atoms with Gasteiger partial charge in [-0.05, 0) is 49.1 Å². The molecule has 0 aliphatic heterocycles. The number of hydrogen-bond acceptors (Lipinski definition) is 5. The number of nitrogens with zero attached hydrogens (tertiary/aromatic N) is 1. The van der Waals surface area contributed by atoms with Crippen LogP contribution in [0.1, 0.15) is 43.7 Å². The van der Waals surface area contributed by atoms with Gasteiger partial charge in [-0.2, -0.15) is 0 Å². The highest BCUT2D eigenvalue weighted by molar-refractivity contribution is 7.99. The Hall–Kier alpha value is -1.79. The molecule has 1 unspecified atom stereocenters. The first-order chi connectivity index (χ1) is 13.2. The third-order valence-electron chi connectivity index (χ3n) is 4.30. The summed E-state index contributed by atoms with van der Waals surface area (Å²) in [4.78, 5) is 6.78. The van der Waals surface area contributed by atoms with E-state index < -0.39 is 6.10 Å². The summed E-state index contributed by atoms with van der Waals surface area (Å²) in [7, 11) is 0. The number of aliphatic hydroxyl groups excluding tert-OH is 2. The van der Waals surface area contributed by atoms with Gasteiger partial charge in [-0.15, -0.1) is 12.4 Å². The van der Waals surface area contributed by atoms with Crippen molar-refractivity contribution in [2.45, 2.75) is 48.5 Å². The van der Waals surface area contributed by atoms with Crippen LogP contribution in [0.4, 0.5) is 0 Å². The van der Waals surface area contributed by atoms with Gasteiger partial charge in [0.15, 0.2) is 5.89 Å². The molecule has 0 aliphatic rings. The molecule has 0 saturated heterocycles. The fourth-order valence-electron chi connectivity index (χ4n) is 2.81. The molecule has 2 aromatic carbocycles. The summed E-state index contributed by atoms with van der Waals surface area (Å²) in [6, 6.07) is 16.2. The van der Waals surface area contributed by atoms with Crippen molar-refractivity contribution in [3.8, 4) is 11.3 Å². The van der Waals surface area contributed by atoms with E-state index in [1.165, 1.54) is 0 Å². The molecule has 0 amide bonds. The van der Waals surface area contributed by atoms with E-state index >= 15 is 0 Å². The predicted molar refractivity (Wildman–Crippen MR) is 115 cm³/mol. The van der Waals surface area contributed by atoms with Gasteiger partial charge in [0.2, 0.25) is 0 Å². The molecule has 4 nitrogen and oxygen atoms in total. The van der Waals surface area contributed by atoms with Gasteiger partial charge in [0.05, 0.1) is 6.10 Å². The minimum atomic E-state index is -0.518. The monoisotopic (exact) mass is 419 g/mol. The molecule has 6 heteroatoms. The van der Waals surface area contributed by atoms with E-state index in [4.69, 9.17) is 9.52 Å². The molecule has 1 heterocycles. The van der Waals surface area contributed by atoms with Crippen LogP contribution in [0.15, 0.2) is 69.0 Å². The van der Waals surface area contributed by atoms with Crippen LogP contribution in [0.2, 0.25) is 0 Å². The van der Waals surface area contributed by atoms with Crippen molar-refractivity contribution in [3.63, 3.8) is 0 Å². The summed E-state index contributed by atoms with van der Waals surface area (Å²) in [5, 5.41) is 18.9. The quantitative estimate of drug-likeness (QED) is 0.467. The van der Waals surface area contributed by atoms with Crippen molar-refractivity contribution >= 4 is 24.2 Å². The lowest BCUT2D eigenvalue weighted by atomic mass is 10.1. The Morgan fingerprint density at radius 3 is 2.29 bits per heavy atom. The van der Waals surface area contributed by atoms with E-state index in [2.05, 4.69) is 36.2 Å². The molecule has 0 radical (unpaired) electrons. The highest BCUT2D eigenvalue weighted by Crippen LogP contribution is 2.31. The fourth-order valence-corrected chi connectivity index (χ4v) is 3.63. The maximum atomic E-state index is 10.1. The molecule has 150 valence electrons. The van der Waals surface area contributed by atoms with E-state index in [-0.39, 0.29) is 19.0 Å². The molecule has 0 saturated carbocycles. The highest BCUT2D eigenvalue weighted by Gasteiger charge is 2.08. The number of aromatic nitrogens is 1. The zero-order chi connectivity index (χ0) is 19.1. The lowest BCUT2D eigenvalue weighted by Gasteiger charge is -2.11. The van der Waals surface area contributed by atoms with E-state index in [9.17, 15) is 5.11 Å². The van der Waals surface area contributed by atoms with Crippen LogP contribution in [-0.2, 0) is 6.42 Å². The number of oxazole rings is 1. The van der Waals surface area contributed by atoms with E-state index in [0.29, 0.717) is 12.8 Å². The molecule has 0 bridgehead atoms. The number of hydrogen-bond donors (Lipinski definition) is 2. The number of halogens is 1. The second kappa shape index (κ2) is 11.3. The van der Waals surface area contributed by atoms with Crippen molar-refractivity contribution in [1.29, 1.82) is 0 Å². The summed E-state index contributed by atoms with van der Waals surface area (Å²) < 4.78 is 5.49. The second-order valence-corrected chi connectivity index (χ2v) is 7.60. The van der Waals surface area contributed by atoms with Crippen LogP contribution >= 0.6 is 24.2 Å². The summed E-state index contributed by atoms with van der Waals surface area (Å²) in [5.74, 6) is 0.784. The van der Waals surface area contributed by atoms with Crippen molar-refractivity contribution < 1.29 is 14.6 Å². The first kappa shape index (κ1) is 22.5. The highest BCUT2D eigenvalue weighted by atomic mass is 35.5. The van der Waals surface area contributed by atoms with Crippen molar-refractivity contribution in [1.82, 2.24) is 4.98 Å². The zero-order valence-corrected chi connectivity index (χ0v) is 17.5. The Balaban J connectivity index is 0.00000280. The van der Waals surface area contributed by atoms with Crippen molar-refractivity contribution in [2.75, 3.05) is 6.61 Å². The number of aryl methyl sites for hydroxylation is 1. The molecule has 1 atom stereocenters. The van der Waals surface area contributed by atoms with Gasteiger partial charge in [-0.25, -0.2) is 4.98 Å². The number of rotatable bonds is 9. The van der Waals surface area contributed by atoms with Gasteiger partial charge in [-0.1, -0.05) is 43.0 Å². The van der Waals surface area contributed by atoms with Gasteiger partial charge < -0.3 is 14.6 Å². The third kappa shape index (κ3) is 6.11. The molecule has 28 heavy (non-hydrogen) atoms. The van der Waals surface area contributed by atoms with Crippen LogP contribution in [0, 0.1) is 0 Å². The Morgan fingerprint density at radius 1 is 1.04 bits per heavy atom. The van der Waals surface area contributed by atoms with Gasteiger partial charge in [0, 0.05) is 28.4 Å². The molecule has 0 aliphatic carbocycles. The smallest absolute Gasteiger partial charge is 0.194 e. The molecular formula is C22H26ClNO3S. The van der Waals surface area contributed by atoms with Gasteiger partial charge in [0.1, 0.15) is 12.0 Å². The van der Waals surface area contributed by atoms with E-state index in [0.717, 1.165) is 45.3 Å². The van der Waals surface area contributed by atoms with Gasteiger partial charge in [-0.3, -0.25) is 0 Å². The molecule has 2 N–H and O–H groups in total. The molecular weight excluding hydrogens is 394 g/mol.